The van der Waals surface area contributed by atoms with E-state index in [1.165, 1.54) is 11.3 Å². The highest BCUT2D eigenvalue weighted by Crippen LogP contribution is 2.34. The monoisotopic (exact) mass is 323 g/mol. The Bertz CT molecular complexity index is 316. The summed E-state index contributed by atoms with van der Waals surface area (Å²) in [6.07, 6.45) is 2.29. The predicted octanol–water partition coefficient (Wildman–Crippen LogP) is 4.73. The van der Waals surface area contributed by atoms with Gasteiger partial charge >= 0.3 is 0 Å². The number of nitrogens with one attached hydrogen (secondary N) is 1. The highest BCUT2D eigenvalue weighted by molar-refractivity contribution is 9.11. The molecule has 0 spiro atoms. The summed E-state index contributed by atoms with van der Waals surface area (Å²) in [6.45, 7) is 8.87. The van der Waals surface area contributed by atoms with Gasteiger partial charge in [0.15, 0.2) is 0 Å². The van der Waals surface area contributed by atoms with E-state index in [4.69, 9.17) is 11.6 Å². The first kappa shape index (κ1) is 14.5. The van der Waals surface area contributed by atoms with Gasteiger partial charge in [-0.2, -0.15) is 0 Å². The first-order chi connectivity index (χ1) is 7.44. The number of thiophene rings is 1. The average molecular weight is 325 g/mol. The van der Waals surface area contributed by atoms with Crippen LogP contribution >= 0.6 is 38.9 Å². The summed E-state index contributed by atoms with van der Waals surface area (Å²) in [5.41, 5.74) is 0.346. The van der Waals surface area contributed by atoms with Crippen molar-refractivity contribution in [2.75, 3.05) is 13.1 Å². The molecule has 0 aliphatic rings. The molecule has 0 amide bonds. The standard InChI is InChI=1S/C12H19BrClNS/c1-4-15-8-12(2,3)6-5-9-7-10(14)11(13)16-9/h7,15H,4-6,8H2,1-3H3. The van der Waals surface area contributed by atoms with Gasteiger partial charge in [-0.1, -0.05) is 32.4 Å². The molecule has 0 radical (unpaired) electrons. The lowest BCUT2D eigenvalue weighted by atomic mass is 9.87. The molecule has 4 heteroatoms. The number of rotatable bonds is 6. The van der Waals surface area contributed by atoms with Gasteiger partial charge in [-0.05, 0) is 46.8 Å². The van der Waals surface area contributed by atoms with Crippen molar-refractivity contribution in [2.45, 2.75) is 33.6 Å². The highest BCUT2D eigenvalue weighted by Gasteiger charge is 2.17. The van der Waals surface area contributed by atoms with Crippen molar-refractivity contribution in [3.05, 3.63) is 19.8 Å². The lowest BCUT2D eigenvalue weighted by molar-refractivity contribution is 0.318. The maximum Gasteiger partial charge on any atom is 0.0887 e. The molecule has 1 N–H and O–H groups in total. The van der Waals surface area contributed by atoms with Crippen LogP contribution in [0.3, 0.4) is 0 Å². The van der Waals surface area contributed by atoms with E-state index in [-0.39, 0.29) is 0 Å². The minimum absolute atomic E-state index is 0.346. The van der Waals surface area contributed by atoms with Crippen molar-refractivity contribution in [2.24, 2.45) is 5.41 Å². The first-order valence-electron chi connectivity index (χ1n) is 5.59. The fourth-order valence-corrected chi connectivity index (χ4v) is 3.35. The van der Waals surface area contributed by atoms with Crippen molar-refractivity contribution >= 4 is 38.9 Å². The molecule has 0 bridgehead atoms. The number of hydrogen-bond acceptors (Lipinski definition) is 2. The summed E-state index contributed by atoms with van der Waals surface area (Å²) < 4.78 is 1.05. The SMILES string of the molecule is CCNCC(C)(C)CCc1cc(Cl)c(Br)s1. The number of hydrogen-bond donors (Lipinski definition) is 1. The van der Waals surface area contributed by atoms with Crippen molar-refractivity contribution < 1.29 is 0 Å². The van der Waals surface area contributed by atoms with Crippen LogP contribution in [0, 0.1) is 5.41 Å². The Morgan fingerprint density at radius 3 is 2.69 bits per heavy atom. The van der Waals surface area contributed by atoms with Crippen molar-refractivity contribution in [3.63, 3.8) is 0 Å². The number of aryl methyl sites for hydroxylation is 1. The Morgan fingerprint density at radius 1 is 1.50 bits per heavy atom. The van der Waals surface area contributed by atoms with Crippen LogP contribution in [0.5, 0.6) is 0 Å². The zero-order valence-corrected chi connectivity index (χ0v) is 13.2. The molecule has 16 heavy (non-hydrogen) atoms. The molecule has 0 atom stereocenters. The van der Waals surface area contributed by atoms with Gasteiger partial charge in [-0.25, -0.2) is 0 Å². The van der Waals surface area contributed by atoms with E-state index < -0.39 is 0 Å². The maximum absolute atomic E-state index is 6.01. The minimum Gasteiger partial charge on any atom is -0.316 e. The highest BCUT2D eigenvalue weighted by atomic mass is 79.9. The normalized spacial score (nSPS) is 12.1. The molecule has 0 aromatic carbocycles. The summed E-state index contributed by atoms with van der Waals surface area (Å²) in [5, 5.41) is 4.25. The Kier molecular flexibility index (Phi) is 5.78. The Balaban J connectivity index is 2.44. The van der Waals surface area contributed by atoms with Gasteiger partial charge < -0.3 is 5.32 Å². The molecule has 1 aromatic rings. The van der Waals surface area contributed by atoms with E-state index in [0.717, 1.165) is 28.3 Å². The molecule has 0 aliphatic carbocycles. The first-order valence-corrected chi connectivity index (χ1v) is 7.58. The Hall–Kier alpha value is 0.430. The molecule has 0 aliphatic heterocycles. The zero-order chi connectivity index (χ0) is 12.2. The van der Waals surface area contributed by atoms with E-state index in [1.54, 1.807) is 11.3 Å². The van der Waals surface area contributed by atoms with E-state index in [0.29, 0.717) is 5.41 Å². The summed E-state index contributed by atoms with van der Waals surface area (Å²) in [4.78, 5) is 1.36. The molecule has 1 heterocycles. The molecule has 1 aromatic heterocycles. The van der Waals surface area contributed by atoms with E-state index in [1.807, 2.05) is 0 Å². The third-order valence-corrected chi connectivity index (χ3v) is 5.13. The summed E-state index contributed by atoms with van der Waals surface area (Å²) in [6, 6.07) is 2.07. The predicted molar refractivity (Wildman–Crippen MR) is 77.7 cm³/mol. The zero-order valence-electron chi connectivity index (χ0n) is 10.1. The molecule has 0 saturated heterocycles. The Labute approximate surface area is 116 Å². The van der Waals surface area contributed by atoms with Crippen LogP contribution in [-0.2, 0) is 6.42 Å². The second-order valence-corrected chi connectivity index (χ2v) is 7.64. The molecular weight excluding hydrogens is 306 g/mol. The van der Waals surface area contributed by atoms with Crippen LogP contribution in [0.15, 0.2) is 9.85 Å². The van der Waals surface area contributed by atoms with Crippen LogP contribution in [0.2, 0.25) is 5.02 Å². The average Bonchev–Trinajstić information content (AvgIpc) is 2.53. The van der Waals surface area contributed by atoms with E-state index in [2.05, 4.69) is 48.1 Å². The second-order valence-electron chi connectivity index (χ2n) is 4.78. The van der Waals surface area contributed by atoms with Crippen LogP contribution in [-0.4, -0.2) is 13.1 Å². The van der Waals surface area contributed by atoms with Crippen molar-refractivity contribution in [1.29, 1.82) is 0 Å². The fourth-order valence-electron chi connectivity index (χ4n) is 1.53. The van der Waals surface area contributed by atoms with Crippen LogP contribution in [0.25, 0.3) is 0 Å². The van der Waals surface area contributed by atoms with Gasteiger partial charge in [0.2, 0.25) is 0 Å². The smallest absolute Gasteiger partial charge is 0.0887 e. The van der Waals surface area contributed by atoms with E-state index in [9.17, 15) is 0 Å². The molecule has 1 nitrogen and oxygen atoms in total. The van der Waals surface area contributed by atoms with Crippen molar-refractivity contribution in [3.8, 4) is 0 Å². The molecule has 0 saturated carbocycles. The van der Waals surface area contributed by atoms with Gasteiger partial charge in [-0.15, -0.1) is 11.3 Å². The third-order valence-electron chi connectivity index (χ3n) is 2.60. The van der Waals surface area contributed by atoms with Crippen LogP contribution in [0.4, 0.5) is 0 Å². The van der Waals surface area contributed by atoms with Gasteiger partial charge in [0, 0.05) is 11.4 Å². The lowest BCUT2D eigenvalue weighted by Crippen LogP contribution is -2.29. The lowest BCUT2D eigenvalue weighted by Gasteiger charge is -2.24. The van der Waals surface area contributed by atoms with Gasteiger partial charge in [0.25, 0.3) is 0 Å². The summed E-state index contributed by atoms with van der Waals surface area (Å²) in [7, 11) is 0. The second kappa shape index (κ2) is 6.39. The quantitative estimate of drug-likeness (QED) is 0.797. The molecule has 1 rings (SSSR count). The van der Waals surface area contributed by atoms with Crippen molar-refractivity contribution in [1.82, 2.24) is 5.32 Å². The Morgan fingerprint density at radius 2 is 2.19 bits per heavy atom. The van der Waals surface area contributed by atoms with Crippen LogP contribution in [0.1, 0.15) is 32.1 Å². The molecule has 92 valence electrons. The topological polar surface area (TPSA) is 12.0 Å². The third kappa shape index (κ3) is 4.74. The van der Waals surface area contributed by atoms with E-state index >= 15 is 0 Å². The minimum atomic E-state index is 0.346. The van der Waals surface area contributed by atoms with Gasteiger partial charge in [-0.3, -0.25) is 0 Å². The molecule has 0 unspecified atom stereocenters. The summed E-state index contributed by atoms with van der Waals surface area (Å²) >= 11 is 11.2. The fraction of sp³-hybridized carbons (Fsp3) is 0.667. The van der Waals surface area contributed by atoms with Gasteiger partial charge in [0.1, 0.15) is 0 Å². The van der Waals surface area contributed by atoms with Crippen LogP contribution < -0.4 is 5.32 Å². The molecular formula is C12H19BrClNS. The molecule has 0 fully saturated rings. The maximum atomic E-state index is 6.01. The largest absolute Gasteiger partial charge is 0.316 e. The summed E-state index contributed by atoms with van der Waals surface area (Å²) in [5.74, 6) is 0. The number of halogens is 2. The van der Waals surface area contributed by atoms with Gasteiger partial charge in [0.05, 0.1) is 8.81 Å².